The monoisotopic (exact) mass is 172 g/mol. The van der Waals surface area contributed by atoms with Crippen LogP contribution in [0.2, 0.25) is 0 Å². The quantitative estimate of drug-likeness (QED) is 0.518. The highest BCUT2D eigenvalue weighted by atomic mass is 35.5. The molecule has 0 aliphatic carbocycles. The summed E-state index contributed by atoms with van der Waals surface area (Å²) in [7, 11) is 0. The number of ketones is 1. The molecule has 0 aliphatic rings. The van der Waals surface area contributed by atoms with E-state index in [4.69, 9.17) is 16.0 Å². The predicted molar refractivity (Wildman–Crippen MR) is 43.0 cm³/mol. The van der Waals surface area contributed by atoms with Crippen LogP contribution in [0.25, 0.3) is 0 Å². The van der Waals surface area contributed by atoms with Gasteiger partial charge in [-0.1, -0.05) is 6.92 Å². The maximum atomic E-state index is 11.2. The van der Waals surface area contributed by atoms with Gasteiger partial charge in [0.1, 0.15) is 0 Å². The molecule has 0 aromatic carbocycles. The lowest BCUT2D eigenvalue weighted by Gasteiger charge is -2.00. The van der Waals surface area contributed by atoms with Crippen molar-refractivity contribution in [3.63, 3.8) is 0 Å². The van der Waals surface area contributed by atoms with Crippen molar-refractivity contribution < 1.29 is 9.21 Å². The molecule has 0 amide bonds. The fourth-order valence-corrected chi connectivity index (χ4v) is 0.866. The highest BCUT2D eigenvalue weighted by molar-refractivity contribution is 6.33. The fraction of sp³-hybridized carbons (Fsp3) is 0.375. The van der Waals surface area contributed by atoms with Crippen molar-refractivity contribution in [3.05, 3.63) is 24.2 Å². The smallest absolute Gasteiger partial charge is 0.215 e. The Morgan fingerprint density at radius 1 is 1.82 bits per heavy atom. The van der Waals surface area contributed by atoms with E-state index in [0.717, 1.165) is 0 Å². The second-order valence-corrected chi connectivity index (χ2v) is 2.74. The van der Waals surface area contributed by atoms with Crippen LogP contribution in [0, 0.1) is 0 Å². The lowest BCUT2D eigenvalue weighted by molar-refractivity contribution is 0.0959. The van der Waals surface area contributed by atoms with Gasteiger partial charge in [-0.2, -0.15) is 0 Å². The molecule has 1 aromatic heterocycles. The van der Waals surface area contributed by atoms with Gasteiger partial charge in [-0.05, 0) is 18.6 Å². The van der Waals surface area contributed by atoms with Gasteiger partial charge in [0, 0.05) is 0 Å². The predicted octanol–water partition coefficient (Wildman–Crippen LogP) is 2.48. The normalized spacial score (nSPS) is 12.9. The minimum atomic E-state index is -0.457. The first-order valence-corrected chi connectivity index (χ1v) is 3.91. The molecule has 0 saturated heterocycles. The molecule has 0 fully saturated rings. The summed E-state index contributed by atoms with van der Waals surface area (Å²) in [6.07, 6.45) is 2.09. The number of rotatable bonds is 3. The second-order valence-electron chi connectivity index (χ2n) is 2.22. The molecule has 1 heterocycles. The van der Waals surface area contributed by atoms with Crippen LogP contribution in [0.5, 0.6) is 0 Å². The van der Waals surface area contributed by atoms with Gasteiger partial charge in [0.15, 0.2) is 5.76 Å². The number of furan rings is 1. The second kappa shape index (κ2) is 3.58. The molecule has 0 aliphatic heterocycles. The van der Waals surface area contributed by atoms with Gasteiger partial charge >= 0.3 is 0 Å². The van der Waals surface area contributed by atoms with Gasteiger partial charge < -0.3 is 4.42 Å². The highest BCUT2D eigenvalue weighted by Crippen LogP contribution is 2.11. The van der Waals surface area contributed by atoms with E-state index in [1.165, 1.54) is 6.26 Å². The molecule has 0 N–H and O–H groups in total. The van der Waals surface area contributed by atoms with E-state index in [1.807, 2.05) is 6.92 Å². The van der Waals surface area contributed by atoms with Crippen molar-refractivity contribution in [2.24, 2.45) is 0 Å². The van der Waals surface area contributed by atoms with E-state index in [9.17, 15) is 4.79 Å². The number of Topliss-reactive ketones (excluding diaryl/α,β-unsaturated/α-hetero) is 1. The average Bonchev–Trinajstić information content (AvgIpc) is 2.53. The van der Waals surface area contributed by atoms with E-state index in [1.54, 1.807) is 12.1 Å². The highest BCUT2D eigenvalue weighted by Gasteiger charge is 2.16. The minimum absolute atomic E-state index is 0.140. The summed E-state index contributed by atoms with van der Waals surface area (Å²) in [5.41, 5.74) is 0. The maximum Gasteiger partial charge on any atom is 0.215 e. The molecule has 0 spiro atoms. The van der Waals surface area contributed by atoms with Gasteiger partial charge in [0.25, 0.3) is 0 Å². The Morgan fingerprint density at radius 2 is 2.55 bits per heavy atom. The Balaban J connectivity index is 2.70. The Labute approximate surface area is 70.2 Å². The van der Waals surface area contributed by atoms with Crippen LogP contribution in [0.15, 0.2) is 22.8 Å². The molecule has 1 aromatic rings. The van der Waals surface area contributed by atoms with Crippen molar-refractivity contribution in [2.75, 3.05) is 0 Å². The van der Waals surface area contributed by atoms with Crippen LogP contribution in [0.4, 0.5) is 0 Å². The first-order valence-electron chi connectivity index (χ1n) is 3.47. The number of hydrogen-bond donors (Lipinski definition) is 0. The van der Waals surface area contributed by atoms with Gasteiger partial charge in [-0.3, -0.25) is 4.79 Å². The van der Waals surface area contributed by atoms with Crippen LogP contribution < -0.4 is 0 Å². The molecule has 0 radical (unpaired) electrons. The molecule has 60 valence electrons. The summed E-state index contributed by atoms with van der Waals surface area (Å²) in [6.45, 7) is 1.86. The third-order valence-electron chi connectivity index (χ3n) is 1.41. The van der Waals surface area contributed by atoms with E-state index in [2.05, 4.69) is 0 Å². The van der Waals surface area contributed by atoms with Crippen molar-refractivity contribution in [3.8, 4) is 0 Å². The standard InChI is InChI=1S/C8H9ClO2/c1-2-6(9)8(10)7-4-3-5-11-7/h3-6H,2H2,1H3. The summed E-state index contributed by atoms with van der Waals surface area (Å²) < 4.78 is 4.88. The van der Waals surface area contributed by atoms with Crippen molar-refractivity contribution >= 4 is 17.4 Å². The van der Waals surface area contributed by atoms with Crippen molar-refractivity contribution in [2.45, 2.75) is 18.7 Å². The van der Waals surface area contributed by atoms with Crippen LogP contribution in [0.3, 0.4) is 0 Å². The summed E-state index contributed by atoms with van der Waals surface area (Å²) in [4.78, 5) is 11.2. The fourth-order valence-electron chi connectivity index (χ4n) is 0.759. The summed E-state index contributed by atoms with van der Waals surface area (Å²) in [6, 6.07) is 3.29. The van der Waals surface area contributed by atoms with Gasteiger partial charge in [-0.15, -0.1) is 11.6 Å². The third kappa shape index (κ3) is 1.84. The van der Waals surface area contributed by atoms with E-state index >= 15 is 0 Å². The average molecular weight is 173 g/mol. The first kappa shape index (κ1) is 8.34. The molecular formula is C8H9ClO2. The minimum Gasteiger partial charge on any atom is -0.461 e. The molecular weight excluding hydrogens is 164 g/mol. The molecule has 11 heavy (non-hydrogen) atoms. The summed E-state index contributed by atoms with van der Waals surface area (Å²) in [5.74, 6) is 0.200. The van der Waals surface area contributed by atoms with E-state index in [-0.39, 0.29) is 5.78 Å². The van der Waals surface area contributed by atoms with Crippen LogP contribution in [-0.4, -0.2) is 11.2 Å². The molecule has 1 unspecified atom stereocenters. The number of hydrogen-bond acceptors (Lipinski definition) is 2. The lowest BCUT2D eigenvalue weighted by Crippen LogP contribution is -2.12. The molecule has 1 atom stereocenters. The van der Waals surface area contributed by atoms with Gasteiger partial charge in [0.2, 0.25) is 5.78 Å². The Morgan fingerprint density at radius 3 is 3.00 bits per heavy atom. The zero-order chi connectivity index (χ0) is 8.27. The van der Waals surface area contributed by atoms with Crippen LogP contribution in [-0.2, 0) is 0 Å². The number of alkyl halides is 1. The van der Waals surface area contributed by atoms with Crippen LogP contribution in [0.1, 0.15) is 23.9 Å². The Bertz CT molecular complexity index is 228. The molecule has 1 rings (SSSR count). The Hall–Kier alpha value is -0.760. The summed E-state index contributed by atoms with van der Waals surface area (Å²) >= 11 is 5.70. The maximum absolute atomic E-state index is 11.2. The third-order valence-corrected chi connectivity index (χ3v) is 1.91. The van der Waals surface area contributed by atoms with Gasteiger partial charge in [0.05, 0.1) is 11.6 Å². The van der Waals surface area contributed by atoms with E-state index in [0.29, 0.717) is 12.2 Å². The molecule has 0 saturated carbocycles. The van der Waals surface area contributed by atoms with Crippen LogP contribution >= 0.6 is 11.6 Å². The zero-order valence-corrected chi connectivity index (χ0v) is 6.97. The zero-order valence-electron chi connectivity index (χ0n) is 6.21. The Kier molecular flexibility index (Phi) is 2.71. The van der Waals surface area contributed by atoms with Gasteiger partial charge in [-0.25, -0.2) is 0 Å². The van der Waals surface area contributed by atoms with Crippen molar-refractivity contribution in [1.82, 2.24) is 0 Å². The summed E-state index contributed by atoms with van der Waals surface area (Å²) in [5, 5.41) is -0.457. The first-order chi connectivity index (χ1) is 5.25. The molecule has 3 heteroatoms. The van der Waals surface area contributed by atoms with Crippen molar-refractivity contribution in [1.29, 1.82) is 0 Å². The molecule has 0 bridgehead atoms. The van der Waals surface area contributed by atoms with E-state index < -0.39 is 5.38 Å². The molecule has 2 nitrogen and oxygen atoms in total. The topological polar surface area (TPSA) is 30.2 Å². The number of halogens is 1. The SMILES string of the molecule is CCC(Cl)C(=O)c1ccco1. The lowest BCUT2D eigenvalue weighted by atomic mass is 10.2. The largest absolute Gasteiger partial charge is 0.461 e. The number of carbonyl (C=O) groups excluding carboxylic acids is 1. The number of carbonyl (C=O) groups is 1.